The van der Waals surface area contributed by atoms with E-state index in [4.69, 9.17) is 4.74 Å². The minimum absolute atomic E-state index is 0.171. The third-order valence-electron chi connectivity index (χ3n) is 4.09. The summed E-state index contributed by atoms with van der Waals surface area (Å²) < 4.78 is 6.13. The van der Waals surface area contributed by atoms with Gasteiger partial charge in [0.2, 0.25) is 5.13 Å². The molecule has 2 aromatic carbocycles. The largest absolute Gasteiger partial charge is 0.465 e. The van der Waals surface area contributed by atoms with Gasteiger partial charge in [-0.05, 0) is 17.7 Å². The second kappa shape index (κ2) is 7.05. The van der Waals surface area contributed by atoms with Crippen LogP contribution in [-0.2, 0) is 4.74 Å². The summed E-state index contributed by atoms with van der Waals surface area (Å²) >= 11 is 1.36. The van der Waals surface area contributed by atoms with E-state index in [1.54, 1.807) is 30.3 Å². The van der Waals surface area contributed by atoms with Crippen molar-refractivity contribution in [2.45, 2.75) is 0 Å². The maximum Gasteiger partial charge on any atom is 0.337 e. The minimum Gasteiger partial charge on any atom is -0.465 e. The fraction of sp³-hybridized carbons (Fsp3) is 0.0500. The summed E-state index contributed by atoms with van der Waals surface area (Å²) in [6, 6.07) is 18.2. The van der Waals surface area contributed by atoms with Crippen LogP contribution in [0.2, 0.25) is 0 Å². The zero-order chi connectivity index (χ0) is 18.8. The molecule has 2 aromatic heterocycles. The molecule has 1 N–H and O–H groups in total. The van der Waals surface area contributed by atoms with Crippen LogP contribution in [-0.4, -0.2) is 27.8 Å². The number of hydrogen-bond acceptors (Lipinski definition) is 5. The highest BCUT2D eigenvalue weighted by molar-refractivity contribution is 7.12. The van der Waals surface area contributed by atoms with Crippen LogP contribution in [0, 0.1) is 0 Å². The zero-order valence-corrected chi connectivity index (χ0v) is 15.2. The summed E-state index contributed by atoms with van der Waals surface area (Å²) in [5, 5.41) is 5.52. The van der Waals surface area contributed by atoms with Gasteiger partial charge in [-0.1, -0.05) is 42.5 Å². The number of thiazole rings is 1. The van der Waals surface area contributed by atoms with Crippen molar-refractivity contribution in [1.29, 1.82) is 0 Å². The van der Waals surface area contributed by atoms with E-state index in [9.17, 15) is 9.59 Å². The summed E-state index contributed by atoms with van der Waals surface area (Å²) in [6.45, 7) is 0. The first-order valence-electron chi connectivity index (χ1n) is 8.18. The van der Waals surface area contributed by atoms with Crippen LogP contribution in [0.4, 0.5) is 0 Å². The van der Waals surface area contributed by atoms with Crippen LogP contribution in [0.1, 0.15) is 10.4 Å². The number of H-pyrrole nitrogens is 1. The molecule has 0 aliphatic carbocycles. The minimum atomic E-state index is -0.383. The van der Waals surface area contributed by atoms with Crippen LogP contribution in [0.15, 0.2) is 70.8 Å². The fourth-order valence-corrected chi connectivity index (χ4v) is 3.50. The molecule has 0 spiro atoms. The first-order valence-corrected chi connectivity index (χ1v) is 9.06. The van der Waals surface area contributed by atoms with E-state index in [2.05, 4.69) is 10.1 Å². The molecule has 0 saturated heterocycles. The number of nitrogens with one attached hydrogen (secondary N) is 1. The predicted molar refractivity (Wildman–Crippen MR) is 104 cm³/mol. The third kappa shape index (κ3) is 3.32. The van der Waals surface area contributed by atoms with Crippen LogP contribution in [0.25, 0.3) is 27.6 Å². The van der Waals surface area contributed by atoms with Gasteiger partial charge in [0.15, 0.2) is 0 Å². The number of methoxy groups -OCH3 is 1. The summed E-state index contributed by atoms with van der Waals surface area (Å²) in [6.07, 6.45) is 0. The number of hydrogen-bond donors (Lipinski definition) is 1. The van der Waals surface area contributed by atoms with Gasteiger partial charge in [-0.25, -0.2) is 9.78 Å². The van der Waals surface area contributed by atoms with Gasteiger partial charge in [-0.3, -0.25) is 9.89 Å². The molecule has 0 atom stereocenters. The smallest absolute Gasteiger partial charge is 0.337 e. The van der Waals surface area contributed by atoms with E-state index in [0.29, 0.717) is 10.7 Å². The Morgan fingerprint density at radius 1 is 1.07 bits per heavy atom. The van der Waals surface area contributed by atoms with E-state index in [1.165, 1.54) is 23.1 Å². The van der Waals surface area contributed by atoms with E-state index in [-0.39, 0.29) is 11.5 Å². The normalized spacial score (nSPS) is 10.7. The Bertz CT molecular complexity index is 1140. The average Bonchev–Trinajstić information content (AvgIpc) is 3.35. The quantitative estimate of drug-likeness (QED) is 0.550. The van der Waals surface area contributed by atoms with Gasteiger partial charge in [0.05, 0.1) is 24.1 Å². The zero-order valence-electron chi connectivity index (χ0n) is 14.4. The molecule has 0 bridgehead atoms. The molecule has 0 radical (unpaired) electrons. The van der Waals surface area contributed by atoms with Gasteiger partial charge < -0.3 is 4.74 Å². The fourth-order valence-electron chi connectivity index (χ4n) is 2.70. The molecule has 2 heterocycles. The van der Waals surface area contributed by atoms with Gasteiger partial charge in [0, 0.05) is 17.0 Å². The molecular formula is C20H15N3O3S. The van der Waals surface area contributed by atoms with Gasteiger partial charge >= 0.3 is 5.97 Å². The second-order valence-electron chi connectivity index (χ2n) is 5.79. The van der Waals surface area contributed by atoms with Crippen molar-refractivity contribution in [3.63, 3.8) is 0 Å². The average molecular weight is 377 g/mol. The lowest BCUT2D eigenvalue weighted by molar-refractivity contribution is 0.0601. The molecule has 7 heteroatoms. The maximum atomic E-state index is 12.4. The number of esters is 1. The number of ether oxygens (including phenoxy) is 1. The van der Waals surface area contributed by atoms with E-state index in [0.717, 1.165) is 22.5 Å². The SMILES string of the molecule is COC(=O)c1ccc(-c2csc(-n3[nH]c(-c4ccccc4)cc3=O)n2)cc1. The molecule has 0 saturated carbocycles. The third-order valence-corrected chi connectivity index (χ3v) is 4.92. The van der Waals surface area contributed by atoms with Crippen molar-refractivity contribution in [2.24, 2.45) is 0 Å². The summed E-state index contributed by atoms with van der Waals surface area (Å²) in [5.74, 6) is -0.383. The Balaban J connectivity index is 1.64. The van der Waals surface area contributed by atoms with Crippen molar-refractivity contribution in [2.75, 3.05) is 7.11 Å². The van der Waals surface area contributed by atoms with Gasteiger partial charge in [-0.15, -0.1) is 11.3 Å². The molecule has 4 rings (SSSR count). The first-order chi connectivity index (χ1) is 13.2. The second-order valence-corrected chi connectivity index (χ2v) is 6.63. The molecule has 0 aliphatic rings. The number of nitrogens with zero attached hydrogens (tertiary/aromatic N) is 2. The van der Waals surface area contributed by atoms with Crippen LogP contribution in [0.5, 0.6) is 0 Å². The van der Waals surface area contributed by atoms with Crippen molar-refractivity contribution < 1.29 is 9.53 Å². The Labute approximate surface area is 158 Å². The Kier molecular flexibility index (Phi) is 4.43. The highest BCUT2D eigenvalue weighted by Crippen LogP contribution is 2.24. The molecule has 0 aliphatic heterocycles. The van der Waals surface area contributed by atoms with Crippen LogP contribution >= 0.6 is 11.3 Å². The van der Waals surface area contributed by atoms with Crippen LogP contribution in [0.3, 0.4) is 0 Å². The number of aromatic nitrogens is 3. The highest BCUT2D eigenvalue weighted by Gasteiger charge is 2.12. The van der Waals surface area contributed by atoms with Crippen molar-refractivity contribution in [3.05, 3.63) is 82.0 Å². The molecule has 4 aromatic rings. The number of aromatic amines is 1. The standard InChI is InChI=1S/C20H15N3O3S/c1-26-19(25)15-9-7-14(8-10-15)17-12-27-20(21-17)23-18(24)11-16(22-23)13-5-3-2-4-6-13/h2-12,22H,1H3. The van der Waals surface area contributed by atoms with Crippen molar-refractivity contribution in [3.8, 4) is 27.6 Å². The summed E-state index contributed by atoms with van der Waals surface area (Å²) in [7, 11) is 1.35. The van der Waals surface area contributed by atoms with Crippen molar-refractivity contribution in [1.82, 2.24) is 14.8 Å². The number of rotatable bonds is 4. The lowest BCUT2D eigenvalue weighted by atomic mass is 10.1. The number of carbonyl (C=O) groups excluding carboxylic acids is 1. The Morgan fingerprint density at radius 3 is 2.52 bits per heavy atom. The highest BCUT2D eigenvalue weighted by atomic mass is 32.1. The topological polar surface area (TPSA) is 77.0 Å². The van der Waals surface area contributed by atoms with Gasteiger partial charge in [0.25, 0.3) is 5.56 Å². The van der Waals surface area contributed by atoms with E-state index < -0.39 is 0 Å². The Hall–Kier alpha value is -3.45. The van der Waals surface area contributed by atoms with E-state index in [1.807, 2.05) is 35.7 Å². The summed E-state index contributed by atoms with van der Waals surface area (Å²) in [4.78, 5) is 28.4. The molecule has 0 fully saturated rings. The predicted octanol–water partition coefficient (Wildman–Crippen LogP) is 3.74. The molecule has 134 valence electrons. The van der Waals surface area contributed by atoms with Gasteiger partial charge in [-0.2, -0.15) is 4.68 Å². The molecule has 6 nitrogen and oxygen atoms in total. The monoisotopic (exact) mass is 377 g/mol. The molecule has 0 amide bonds. The lowest BCUT2D eigenvalue weighted by Gasteiger charge is -2.01. The molecular weight excluding hydrogens is 362 g/mol. The maximum absolute atomic E-state index is 12.4. The lowest BCUT2D eigenvalue weighted by Crippen LogP contribution is -2.12. The summed E-state index contributed by atoms with van der Waals surface area (Å²) in [5.41, 5.74) is 3.56. The molecule has 27 heavy (non-hydrogen) atoms. The number of benzene rings is 2. The van der Waals surface area contributed by atoms with Gasteiger partial charge in [0.1, 0.15) is 0 Å². The van der Waals surface area contributed by atoms with E-state index >= 15 is 0 Å². The first kappa shape index (κ1) is 17.0. The number of carbonyl (C=O) groups is 1. The Morgan fingerprint density at radius 2 is 1.81 bits per heavy atom. The van der Waals surface area contributed by atoms with Crippen LogP contribution < -0.4 is 5.56 Å². The molecule has 0 unspecified atom stereocenters. The van der Waals surface area contributed by atoms with Crippen molar-refractivity contribution >= 4 is 17.3 Å².